The Morgan fingerprint density at radius 1 is 1.25 bits per heavy atom. The highest BCUT2D eigenvalue weighted by molar-refractivity contribution is 5.64. The third-order valence-electron chi connectivity index (χ3n) is 3.13. The molecule has 0 saturated carbocycles. The van der Waals surface area contributed by atoms with Crippen LogP contribution in [0.25, 0.3) is 0 Å². The van der Waals surface area contributed by atoms with Crippen LogP contribution in [0.2, 0.25) is 0 Å². The highest BCUT2D eigenvalue weighted by Crippen LogP contribution is 2.29. The number of hydrogen-bond acceptors (Lipinski definition) is 4. The van der Waals surface area contributed by atoms with Gasteiger partial charge in [-0.05, 0) is 24.1 Å². The summed E-state index contributed by atoms with van der Waals surface area (Å²) in [6.45, 7) is 2.54. The van der Waals surface area contributed by atoms with Gasteiger partial charge >= 0.3 is 0 Å². The van der Waals surface area contributed by atoms with E-state index in [2.05, 4.69) is 5.32 Å². The first-order valence-electron chi connectivity index (χ1n) is 6.22. The number of nitrogens with one attached hydrogen (secondary N) is 1. The molecule has 0 saturated heterocycles. The molecule has 0 amide bonds. The van der Waals surface area contributed by atoms with Crippen molar-refractivity contribution in [3.63, 3.8) is 0 Å². The minimum absolute atomic E-state index is 0.0411. The summed E-state index contributed by atoms with van der Waals surface area (Å²) in [5, 5.41) is 14.1. The first-order valence-corrected chi connectivity index (χ1v) is 6.22. The fourth-order valence-corrected chi connectivity index (χ4v) is 1.94. The predicted octanol–water partition coefficient (Wildman–Crippen LogP) is 3.52. The fraction of sp³-hybridized carbons (Fsp3) is 0.200. The number of benzene rings is 2. The zero-order valence-corrected chi connectivity index (χ0v) is 11.4. The van der Waals surface area contributed by atoms with Gasteiger partial charge in [0, 0.05) is 18.7 Å². The molecule has 20 heavy (non-hydrogen) atoms. The molecule has 0 radical (unpaired) electrons. The van der Waals surface area contributed by atoms with Crippen LogP contribution in [0, 0.1) is 17.0 Å². The topological polar surface area (TPSA) is 64.4 Å². The molecule has 0 aliphatic heterocycles. The average molecular weight is 272 g/mol. The van der Waals surface area contributed by atoms with Crippen molar-refractivity contribution in [3.8, 4) is 5.75 Å². The van der Waals surface area contributed by atoms with Crippen LogP contribution in [0.3, 0.4) is 0 Å². The van der Waals surface area contributed by atoms with Crippen LogP contribution in [-0.4, -0.2) is 12.0 Å². The van der Waals surface area contributed by atoms with E-state index in [9.17, 15) is 10.1 Å². The van der Waals surface area contributed by atoms with Crippen LogP contribution in [-0.2, 0) is 6.54 Å². The Hall–Kier alpha value is -2.56. The number of nitro benzene ring substituents is 1. The zero-order chi connectivity index (χ0) is 14.5. The minimum Gasteiger partial charge on any atom is -0.497 e. The summed E-state index contributed by atoms with van der Waals surface area (Å²) in [7, 11) is 1.53. The molecule has 0 aliphatic carbocycles. The van der Waals surface area contributed by atoms with Crippen molar-refractivity contribution in [2.45, 2.75) is 13.5 Å². The quantitative estimate of drug-likeness (QED) is 0.668. The molecular weight excluding hydrogens is 256 g/mol. The first kappa shape index (κ1) is 13.9. The molecule has 1 N–H and O–H groups in total. The SMILES string of the molecule is COc1ccc([N+](=O)[O-])c(NCc2ccccc2C)c1. The Morgan fingerprint density at radius 2 is 2.00 bits per heavy atom. The minimum atomic E-state index is -0.403. The van der Waals surface area contributed by atoms with Crippen molar-refractivity contribution in [1.82, 2.24) is 0 Å². The van der Waals surface area contributed by atoms with E-state index in [0.717, 1.165) is 11.1 Å². The number of nitrogens with zero attached hydrogens (tertiary/aromatic N) is 1. The normalized spacial score (nSPS) is 10.1. The number of anilines is 1. The molecule has 0 aliphatic rings. The first-order chi connectivity index (χ1) is 9.61. The van der Waals surface area contributed by atoms with Gasteiger partial charge in [0.1, 0.15) is 11.4 Å². The number of hydrogen-bond donors (Lipinski definition) is 1. The second-order valence-corrected chi connectivity index (χ2v) is 4.42. The van der Waals surface area contributed by atoms with E-state index in [1.165, 1.54) is 13.2 Å². The van der Waals surface area contributed by atoms with Crippen molar-refractivity contribution >= 4 is 11.4 Å². The Bertz CT molecular complexity index is 626. The van der Waals surface area contributed by atoms with Gasteiger partial charge < -0.3 is 10.1 Å². The van der Waals surface area contributed by atoms with E-state index in [-0.39, 0.29) is 5.69 Å². The Balaban J connectivity index is 2.24. The van der Waals surface area contributed by atoms with Crippen LogP contribution < -0.4 is 10.1 Å². The summed E-state index contributed by atoms with van der Waals surface area (Å²) >= 11 is 0. The maximum absolute atomic E-state index is 11.0. The van der Waals surface area contributed by atoms with E-state index in [1.807, 2.05) is 31.2 Å². The maximum atomic E-state index is 11.0. The van der Waals surface area contributed by atoms with Crippen molar-refractivity contribution < 1.29 is 9.66 Å². The van der Waals surface area contributed by atoms with E-state index in [0.29, 0.717) is 18.0 Å². The summed E-state index contributed by atoms with van der Waals surface area (Å²) in [6.07, 6.45) is 0. The number of nitro groups is 1. The van der Waals surface area contributed by atoms with Gasteiger partial charge in [0.05, 0.1) is 12.0 Å². The molecular formula is C15H16N2O3. The Labute approximate surface area is 117 Å². The van der Waals surface area contributed by atoms with Crippen molar-refractivity contribution in [2.75, 3.05) is 12.4 Å². The maximum Gasteiger partial charge on any atom is 0.292 e. The molecule has 0 fully saturated rings. The van der Waals surface area contributed by atoms with E-state index in [1.54, 1.807) is 12.1 Å². The van der Waals surface area contributed by atoms with Crippen LogP contribution >= 0.6 is 0 Å². The summed E-state index contributed by atoms with van der Waals surface area (Å²) in [6, 6.07) is 12.6. The molecule has 2 aromatic carbocycles. The predicted molar refractivity (Wildman–Crippen MR) is 78.2 cm³/mol. The highest BCUT2D eigenvalue weighted by Gasteiger charge is 2.14. The lowest BCUT2D eigenvalue weighted by atomic mass is 10.1. The van der Waals surface area contributed by atoms with Crippen molar-refractivity contribution in [3.05, 3.63) is 63.7 Å². The van der Waals surface area contributed by atoms with Crippen LogP contribution in [0.5, 0.6) is 5.75 Å². The molecule has 0 spiro atoms. The standard InChI is InChI=1S/C15H16N2O3/c1-11-5-3-4-6-12(11)10-16-14-9-13(20-2)7-8-15(14)17(18)19/h3-9,16H,10H2,1-2H3. The number of ether oxygens (including phenoxy) is 1. The van der Waals surface area contributed by atoms with E-state index in [4.69, 9.17) is 4.74 Å². The fourth-order valence-electron chi connectivity index (χ4n) is 1.94. The molecule has 2 aromatic rings. The van der Waals surface area contributed by atoms with Gasteiger partial charge in [-0.15, -0.1) is 0 Å². The molecule has 0 atom stereocenters. The molecule has 0 bridgehead atoms. The lowest BCUT2D eigenvalue weighted by molar-refractivity contribution is -0.384. The molecule has 2 rings (SSSR count). The van der Waals surface area contributed by atoms with Crippen LogP contribution in [0.1, 0.15) is 11.1 Å². The second-order valence-electron chi connectivity index (χ2n) is 4.42. The van der Waals surface area contributed by atoms with Crippen molar-refractivity contribution in [2.24, 2.45) is 0 Å². The summed E-state index contributed by atoms with van der Waals surface area (Å²) in [5.41, 5.74) is 2.74. The lowest BCUT2D eigenvalue weighted by Gasteiger charge is -2.10. The Morgan fingerprint density at radius 3 is 2.65 bits per heavy atom. The molecule has 0 unspecified atom stereocenters. The second kappa shape index (κ2) is 6.06. The zero-order valence-electron chi connectivity index (χ0n) is 11.4. The van der Waals surface area contributed by atoms with Gasteiger partial charge in [0.25, 0.3) is 5.69 Å². The van der Waals surface area contributed by atoms with Gasteiger partial charge in [-0.3, -0.25) is 10.1 Å². The van der Waals surface area contributed by atoms with E-state index >= 15 is 0 Å². The van der Waals surface area contributed by atoms with Crippen LogP contribution in [0.15, 0.2) is 42.5 Å². The number of methoxy groups -OCH3 is 1. The van der Waals surface area contributed by atoms with Gasteiger partial charge in [0.2, 0.25) is 0 Å². The number of aryl methyl sites for hydroxylation is 1. The summed E-state index contributed by atoms with van der Waals surface area (Å²) in [5.74, 6) is 0.586. The molecule has 0 heterocycles. The van der Waals surface area contributed by atoms with Gasteiger partial charge in [-0.1, -0.05) is 24.3 Å². The third kappa shape index (κ3) is 3.06. The molecule has 0 aromatic heterocycles. The molecule has 5 nitrogen and oxygen atoms in total. The molecule has 5 heteroatoms. The largest absolute Gasteiger partial charge is 0.497 e. The van der Waals surface area contributed by atoms with Gasteiger partial charge in [-0.25, -0.2) is 0 Å². The smallest absolute Gasteiger partial charge is 0.292 e. The monoisotopic (exact) mass is 272 g/mol. The summed E-state index contributed by atoms with van der Waals surface area (Å²) < 4.78 is 5.10. The Kier molecular flexibility index (Phi) is 4.20. The molecule has 104 valence electrons. The summed E-state index contributed by atoms with van der Waals surface area (Å²) in [4.78, 5) is 10.6. The number of rotatable bonds is 5. The van der Waals surface area contributed by atoms with Crippen molar-refractivity contribution in [1.29, 1.82) is 0 Å². The average Bonchev–Trinajstić information content (AvgIpc) is 2.46. The van der Waals surface area contributed by atoms with E-state index < -0.39 is 4.92 Å². The van der Waals surface area contributed by atoms with Crippen LogP contribution in [0.4, 0.5) is 11.4 Å². The van der Waals surface area contributed by atoms with Gasteiger partial charge in [0.15, 0.2) is 0 Å². The van der Waals surface area contributed by atoms with Gasteiger partial charge in [-0.2, -0.15) is 0 Å². The highest BCUT2D eigenvalue weighted by atomic mass is 16.6. The lowest BCUT2D eigenvalue weighted by Crippen LogP contribution is -2.04. The third-order valence-corrected chi connectivity index (χ3v) is 3.13.